The third-order valence-corrected chi connectivity index (χ3v) is 3.00. The van der Waals surface area contributed by atoms with Crippen LogP contribution in [0.3, 0.4) is 0 Å². The van der Waals surface area contributed by atoms with E-state index in [1.54, 1.807) is 34.9 Å². The third-order valence-electron chi connectivity index (χ3n) is 3.00. The van der Waals surface area contributed by atoms with Gasteiger partial charge < -0.3 is 5.11 Å². The van der Waals surface area contributed by atoms with Gasteiger partial charge in [0.2, 0.25) is 0 Å². The van der Waals surface area contributed by atoms with Gasteiger partial charge in [-0.1, -0.05) is 18.2 Å². The minimum atomic E-state index is -1.01. The summed E-state index contributed by atoms with van der Waals surface area (Å²) in [7, 11) is 0. The zero-order chi connectivity index (χ0) is 14.1. The molecule has 6 nitrogen and oxygen atoms in total. The molecule has 0 radical (unpaired) electrons. The summed E-state index contributed by atoms with van der Waals surface area (Å²) in [6, 6.07) is 9.40. The summed E-state index contributed by atoms with van der Waals surface area (Å²) in [5, 5.41) is 13.8. The normalized spacial score (nSPS) is 10.7. The number of aryl methyl sites for hydroxylation is 1. The Bertz CT molecular complexity index is 745. The summed E-state index contributed by atoms with van der Waals surface area (Å²) >= 11 is 0. The van der Waals surface area contributed by atoms with E-state index >= 15 is 0 Å². The molecule has 6 heteroatoms. The van der Waals surface area contributed by atoms with Gasteiger partial charge in [-0.3, -0.25) is 4.57 Å². The van der Waals surface area contributed by atoms with E-state index in [2.05, 4.69) is 10.1 Å². The van der Waals surface area contributed by atoms with E-state index in [-0.39, 0.29) is 5.56 Å². The Morgan fingerprint density at radius 1 is 1.25 bits per heavy atom. The van der Waals surface area contributed by atoms with Crippen LogP contribution in [0, 0.1) is 6.92 Å². The average Bonchev–Trinajstić information content (AvgIpc) is 3.06. The first-order valence-corrected chi connectivity index (χ1v) is 6.05. The van der Waals surface area contributed by atoms with Crippen molar-refractivity contribution < 1.29 is 9.90 Å². The molecule has 100 valence electrons. The van der Waals surface area contributed by atoms with E-state index in [0.29, 0.717) is 11.5 Å². The average molecular weight is 268 g/mol. The molecule has 0 atom stereocenters. The number of hydrogen-bond acceptors (Lipinski definition) is 3. The molecule has 0 aliphatic heterocycles. The Labute approximate surface area is 114 Å². The van der Waals surface area contributed by atoms with Crippen molar-refractivity contribution in [3.8, 4) is 11.5 Å². The molecule has 2 heterocycles. The highest BCUT2D eigenvalue weighted by Gasteiger charge is 2.23. The largest absolute Gasteiger partial charge is 0.477 e. The van der Waals surface area contributed by atoms with Gasteiger partial charge in [0.25, 0.3) is 0 Å². The first-order chi connectivity index (χ1) is 9.68. The Balaban J connectivity index is 2.31. The van der Waals surface area contributed by atoms with Crippen molar-refractivity contribution >= 4 is 5.97 Å². The molecular weight excluding hydrogens is 256 g/mol. The van der Waals surface area contributed by atoms with Crippen LogP contribution >= 0.6 is 0 Å². The second kappa shape index (κ2) is 4.65. The zero-order valence-corrected chi connectivity index (χ0v) is 10.8. The van der Waals surface area contributed by atoms with Gasteiger partial charge in [-0.15, -0.1) is 0 Å². The van der Waals surface area contributed by atoms with Gasteiger partial charge in [-0.05, 0) is 19.1 Å². The first-order valence-electron chi connectivity index (χ1n) is 6.05. The molecule has 20 heavy (non-hydrogen) atoms. The molecular formula is C14H12N4O2. The highest BCUT2D eigenvalue weighted by Crippen LogP contribution is 2.22. The maximum atomic E-state index is 11.5. The van der Waals surface area contributed by atoms with Crippen LogP contribution in [-0.4, -0.2) is 30.4 Å². The molecule has 1 N–H and O–H groups in total. The zero-order valence-electron chi connectivity index (χ0n) is 10.8. The lowest BCUT2D eigenvalue weighted by molar-refractivity contribution is 0.0696. The minimum absolute atomic E-state index is 0.173. The predicted octanol–water partition coefficient (Wildman–Crippen LogP) is 2.06. The number of hydrogen-bond donors (Lipinski definition) is 1. The standard InChI is InChI=1S/C14H12N4O2/c1-10-12(14(19)20)13(17-8-7-15-9-17)18(16-10)11-5-3-2-4-6-11/h2-9H,1H3,(H,19,20). The van der Waals surface area contributed by atoms with Crippen LogP contribution in [0.2, 0.25) is 0 Å². The smallest absolute Gasteiger partial charge is 0.341 e. The van der Waals surface area contributed by atoms with E-state index in [1.807, 2.05) is 30.3 Å². The molecule has 0 amide bonds. The van der Waals surface area contributed by atoms with Crippen molar-refractivity contribution in [2.45, 2.75) is 6.92 Å². The Hall–Kier alpha value is -2.89. The van der Waals surface area contributed by atoms with E-state index in [0.717, 1.165) is 5.69 Å². The molecule has 3 aromatic rings. The maximum absolute atomic E-state index is 11.5. The van der Waals surface area contributed by atoms with E-state index in [1.165, 1.54) is 0 Å². The topological polar surface area (TPSA) is 72.9 Å². The number of nitrogens with zero attached hydrogens (tertiary/aromatic N) is 4. The van der Waals surface area contributed by atoms with Gasteiger partial charge in [-0.25, -0.2) is 14.5 Å². The lowest BCUT2D eigenvalue weighted by atomic mass is 10.2. The van der Waals surface area contributed by atoms with Crippen molar-refractivity contribution in [1.29, 1.82) is 0 Å². The number of imidazole rings is 1. The third kappa shape index (κ3) is 1.87. The number of aromatic nitrogens is 4. The van der Waals surface area contributed by atoms with Gasteiger partial charge in [-0.2, -0.15) is 5.10 Å². The lowest BCUT2D eigenvalue weighted by Crippen LogP contribution is -2.08. The summed E-state index contributed by atoms with van der Waals surface area (Å²) < 4.78 is 3.26. The van der Waals surface area contributed by atoms with Crippen LogP contribution < -0.4 is 0 Å². The fraction of sp³-hybridized carbons (Fsp3) is 0.0714. The molecule has 0 bridgehead atoms. The van der Waals surface area contributed by atoms with Crippen LogP contribution in [0.25, 0.3) is 11.5 Å². The summed E-state index contributed by atoms with van der Waals surface area (Å²) in [6.45, 7) is 1.68. The molecule has 1 aromatic carbocycles. The van der Waals surface area contributed by atoms with Gasteiger partial charge in [0, 0.05) is 12.4 Å². The second-order valence-corrected chi connectivity index (χ2v) is 4.31. The van der Waals surface area contributed by atoms with E-state index in [9.17, 15) is 9.90 Å². The molecule has 2 aromatic heterocycles. The Morgan fingerprint density at radius 3 is 2.60 bits per heavy atom. The number of carboxylic acids is 1. The van der Waals surface area contributed by atoms with Crippen LogP contribution in [0.4, 0.5) is 0 Å². The molecule has 0 unspecified atom stereocenters. The van der Waals surface area contributed by atoms with Gasteiger partial charge >= 0.3 is 5.97 Å². The minimum Gasteiger partial charge on any atom is -0.477 e. The Kier molecular flexibility index (Phi) is 2.83. The molecule has 0 spiro atoms. The number of carboxylic acid groups (broad SMARTS) is 1. The number of para-hydroxylation sites is 1. The number of carbonyl (C=O) groups is 1. The highest BCUT2D eigenvalue weighted by atomic mass is 16.4. The number of rotatable bonds is 3. The lowest BCUT2D eigenvalue weighted by Gasteiger charge is -2.08. The number of benzene rings is 1. The van der Waals surface area contributed by atoms with Gasteiger partial charge in [0.15, 0.2) is 5.82 Å². The fourth-order valence-corrected chi connectivity index (χ4v) is 2.14. The molecule has 0 saturated heterocycles. The van der Waals surface area contributed by atoms with Crippen molar-refractivity contribution in [2.24, 2.45) is 0 Å². The molecule has 3 rings (SSSR count). The van der Waals surface area contributed by atoms with Crippen LogP contribution in [-0.2, 0) is 0 Å². The molecule has 0 fully saturated rings. The van der Waals surface area contributed by atoms with Crippen LogP contribution in [0.5, 0.6) is 0 Å². The van der Waals surface area contributed by atoms with E-state index in [4.69, 9.17) is 0 Å². The summed E-state index contributed by atoms with van der Waals surface area (Å²) in [5.41, 5.74) is 1.43. The van der Waals surface area contributed by atoms with Crippen molar-refractivity contribution in [3.05, 3.63) is 60.3 Å². The monoisotopic (exact) mass is 268 g/mol. The SMILES string of the molecule is Cc1nn(-c2ccccc2)c(-n2ccnc2)c1C(=O)O. The Morgan fingerprint density at radius 2 is 2.00 bits per heavy atom. The van der Waals surface area contributed by atoms with Crippen LogP contribution in [0.15, 0.2) is 49.1 Å². The van der Waals surface area contributed by atoms with Gasteiger partial charge in [0.1, 0.15) is 11.9 Å². The van der Waals surface area contributed by atoms with E-state index < -0.39 is 5.97 Å². The summed E-state index contributed by atoms with van der Waals surface area (Å²) in [6.07, 6.45) is 4.86. The van der Waals surface area contributed by atoms with Crippen LogP contribution in [0.1, 0.15) is 16.1 Å². The maximum Gasteiger partial charge on any atom is 0.341 e. The second-order valence-electron chi connectivity index (χ2n) is 4.31. The molecule has 0 aliphatic carbocycles. The molecule has 0 saturated carbocycles. The number of aromatic carboxylic acids is 1. The highest BCUT2D eigenvalue weighted by molar-refractivity contribution is 5.92. The molecule has 0 aliphatic rings. The summed E-state index contributed by atoms with van der Waals surface area (Å²) in [5.74, 6) is -0.535. The predicted molar refractivity (Wildman–Crippen MR) is 72.4 cm³/mol. The van der Waals surface area contributed by atoms with Crippen molar-refractivity contribution in [3.63, 3.8) is 0 Å². The van der Waals surface area contributed by atoms with Crippen molar-refractivity contribution in [2.75, 3.05) is 0 Å². The quantitative estimate of drug-likeness (QED) is 0.789. The van der Waals surface area contributed by atoms with Crippen molar-refractivity contribution in [1.82, 2.24) is 19.3 Å². The van der Waals surface area contributed by atoms with Gasteiger partial charge in [0.05, 0.1) is 11.4 Å². The fourth-order valence-electron chi connectivity index (χ4n) is 2.14. The first kappa shape index (κ1) is 12.2. The summed E-state index contributed by atoms with van der Waals surface area (Å²) in [4.78, 5) is 15.5.